The zero-order chi connectivity index (χ0) is 13.8. The second-order valence-electron chi connectivity index (χ2n) is 7.00. The fourth-order valence-electron chi connectivity index (χ4n) is 3.74. The minimum Gasteiger partial charge on any atom is -0.342 e. The molecule has 0 aromatic rings. The minimum atomic E-state index is 0.272. The molecule has 3 atom stereocenters. The number of hydrogen-bond donors (Lipinski definition) is 1. The van der Waals surface area contributed by atoms with Crippen LogP contribution in [-0.4, -0.2) is 36.5 Å². The van der Waals surface area contributed by atoms with Gasteiger partial charge in [-0.05, 0) is 57.4 Å². The van der Waals surface area contributed by atoms with Gasteiger partial charge in [0.2, 0.25) is 5.91 Å². The summed E-state index contributed by atoms with van der Waals surface area (Å²) in [7, 11) is 0. The molecule has 2 rings (SSSR count). The molecule has 0 aromatic heterocycles. The van der Waals surface area contributed by atoms with Crippen LogP contribution < -0.4 is 5.32 Å². The van der Waals surface area contributed by atoms with Gasteiger partial charge in [-0.2, -0.15) is 0 Å². The summed E-state index contributed by atoms with van der Waals surface area (Å²) in [4.78, 5) is 14.8. The molecule has 19 heavy (non-hydrogen) atoms. The van der Waals surface area contributed by atoms with Crippen LogP contribution in [0.5, 0.6) is 0 Å². The molecule has 2 aliphatic heterocycles. The van der Waals surface area contributed by atoms with E-state index in [2.05, 4.69) is 31.0 Å². The SMILES string of the molecule is CC(C)CC1CCCN(C(=O)[C@H]2CCN[C@@H](C)C2)C1. The van der Waals surface area contributed by atoms with Crippen molar-refractivity contribution in [3.05, 3.63) is 0 Å². The lowest BCUT2D eigenvalue weighted by atomic mass is 9.87. The van der Waals surface area contributed by atoms with Gasteiger partial charge >= 0.3 is 0 Å². The summed E-state index contributed by atoms with van der Waals surface area (Å²) >= 11 is 0. The maximum Gasteiger partial charge on any atom is 0.225 e. The number of carbonyl (C=O) groups is 1. The molecule has 3 heteroatoms. The van der Waals surface area contributed by atoms with E-state index in [0.717, 1.165) is 44.3 Å². The highest BCUT2D eigenvalue weighted by atomic mass is 16.2. The summed E-state index contributed by atoms with van der Waals surface area (Å²) in [6, 6.07) is 0.499. The van der Waals surface area contributed by atoms with Crippen molar-refractivity contribution >= 4 is 5.91 Å². The molecule has 0 spiro atoms. The Bertz CT molecular complexity index is 303. The minimum absolute atomic E-state index is 0.272. The van der Waals surface area contributed by atoms with E-state index in [4.69, 9.17) is 0 Å². The first-order chi connectivity index (χ1) is 9.06. The van der Waals surface area contributed by atoms with Crippen molar-refractivity contribution in [2.45, 2.75) is 58.9 Å². The van der Waals surface area contributed by atoms with Gasteiger partial charge in [-0.25, -0.2) is 0 Å². The number of hydrogen-bond acceptors (Lipinski definition) is 2. The summed E-state index contributed by atoms with van der Waals surface area (Å²) in [6.07, 6.45) is 5.82. The van der Waals surface area contributed by atoms with Crippen LogP contribution in [0.15, 0.2) is 0 Å². The third kappa shape index (κ3) is 4.20. The molecular formula is C16H30N2O. The Labute approximate surface area is 118 Å². The molecule has 0 aliphatic carbocycles. The Morgan fingerprint density at radius 2 is 2.16 bits per heavy atom. The highest BCUT2D eigenvalue weighted by Gasteiger charge is 2.31. The first-order valence-electron chi connectivity index (χ1n) is 8.08. The average molecular weight is 266 g/mol. The van der Waals surface area contributed by atoms with E-state index < -0.39 is 0 Å². The number of nitrogens with one attached hydrogen (secondary N) is 1. The molecule has 2 saturated heterocycles. The molecule has 2 heterocycles. The highest BCUT2D eigenvalue weighted by molar-refractivity contribution is 5.79. The average Bonchev–Trinajstić information content (AvgIpc) is 2.37. The molecule has 2 fully saturated rings. The van der Waals surface area contributed by atoms with Gasteiger partial charge in [0.05, 0.1) is 0 Å². The Morgan fingerprint density at radius 1 is 1.37 bits per heavy atom. The standard InChI is InChI=1S/C16H30N2O/c1-12(2)9-14-5-4-8-18(11-14)16(19)15-6-7-17-13(3)10-15/h12-15,17H,4-11H2,1-3H3/t13-,14?,15-/m0/s1. The second-order valence-corrected chi connectivity index (χ2v) is 7.00. The molecule has 1 unspecified atom stereocenters. The fourth-order valence-corrected chi connectivity index (χ4v) is 3.74. The largest absolute Gasteiger partial charge is 0.342 e. The Kier molecular flexibility index (Phi) is 5.26. The van der Waals surface area contributed by atoms with E-state index in [9.17, 15) is 4.79 Å². The molecule has 0 saturated carbocycles. The number of carbonyl (C=O) groups excluding carboxylic acids is 1. The molecule has 1 N–H and O–H groups in total. The predicted molar refractivity (Wildman–Crippen MR) is 78.9 cm³/mol. The Balaban J connectivity index is 1.87. The summed E-state index contributed by atoms with van der Waals surface area (Å²) in [5.41, 5.74) is 0. The maximum absolute atomic E-state index is 12.6. The topological polar surface area (TPSA) is 32.3 Å². The van der Waals surface area contributed by atoms with Crippen molar-refractivity contribution in [3.8, 4) is 0 Å². The number of likely N-dealkylation sites (tertiary alicyclic amines) is 1. The van der Waals surface area contributed by atoms with E-state index in [1.54, 1.807) is 0 Å². The number of nitrogens with zero attached hydrogens (tertiary/aromatic N) is 1. The number of amides is 1. The van der Waals surface area contributed by atoms with Gasteiger partial charge in [0.25, 0.3) is 0 Å². The van der Waals surface area contributed by atoms with Gasteiger partial charge in [-0.3, -0.25) is 4.79 Å². The Hall–Kier alpha value is -0.570. The van der Waals surface area contributed by atoms with Crippen LogP contribution in [0, 0.1) is 17.8 Å². The summed E-state index contributed by atoms with van der Waals surface area (Å²) in [5.74, 6) is 2.19. The van der Waals surface area contributed by atoms with Gasteiger partial charge < -0.3 is 10.2 Å². The van der Waals surface area contributed by atoms with E-state index >= 15 is 0 Å². The quantitative estimate of drug-likeness (QED) is 0.852. The number of rotatable bonds is 3. The van der Waals surface area contributed by atoms with E-state index in [-0.39, 0.29) is 5.92 Å². The smallest absolute Gasteiger partial charge is 0.225 e. The maximum atomic E-state index is 12.6. The Morgan fingerprint density at radius 3 is 2.84 bits per heavy atom. The third-order valence-corrected chi connectivity index (χ3v) is 4.61. The molecule has 3 nitrogen and oxygen atoms in total. The zero-order valence-electron chi connectivity index (χ0n) is 12.8. The van der Waals surface area contributed by atoms with Crippen molar-refractivity contribution in [2.75, 3.05) is 19.6 Å². The first kappa shape index (κ1) is 14.8. The van der Waals surface area contributed by atoms with Crippen LogP contribution in [0.2, 0.25) is 0 Å². The van der Waals surface area contributed by atoms with Crippen molar-refractivity contribution < 1.29 is 4.79 Å². The lowest BCUT2D eigenvalue weighted by Crippen LogP contribution is -2.47. The normalized spacial score (nSPS) is 32.6. The lowest BCUT2D eigenvalue weighted by molar-refractivity contribution is -0.138. The first-order valence-corrected chi connectivity index (χ1v) is 8.08. The molecule has 0 radical (unpaired) electrons. The van der Waals surface area contributed by atoms with Crippen LogP contribution in [0.4, 0.5) is 0 Å². The van der Waals surface area contributed by atoms with Gasteiger partial charge in [0, 0.05) is 25.0 Å². The molecule has 0 bridgehead atoms. The summed E-state index contributed by atoms with van der Waals surface area (Å²) < 4.78 is 0. The van der Waals surface area contributed by atoms with Crippen LogP contribution >= 0.6 is 0 Å². The molecule has 110 valence electrons. The van der Waals surface area contributed by atoms with Gasteiger partial charge in [-0.1, -0.05) is 13.8 Å². The third-order valence-electron chi connectivity index (χ3n) is 4.61. The monoisotopic (exact) mass is 266 g/mol. The van der Waals surface area contributed by atoms with Gasteiger partial charge in [-0.15, -0.1) is 0 Å². The van der Waals surface area contributed by atoms with Crippen molar-refractivity contribution in [1.82, 2.24) is 10.2 Å². The van der Waals surface area contributed by atoms with Crippen LogP contribution in [0.1, 0.15) is 52.9 Å². The van der Waals surface area contributed by atoms with Gasteiger partial charge in [0.15, 0.2) is 0 Å². The summed E-state index contributed by atoms with van der Waals surface area (Å²) in [6.45, 7) is 9.77. The molecule has 1 amide bonds. The van der Waals surface area contributed by atoms with Crippen LogP contribution in [0.25, 0.3) is 0 Å². The van der Waals surface area contributed by atoms with Crippen molar-refractivity contribution in [1.29, 1.82) is 0 Å². The highest BCUT2D eigenvalue weighted by Crippen LogP contribution is 2.26. The molecule has 2 aliphatic rings. The number of piperidine rings is 2. The molecular weight excluding hydrogens is 236 g/mol. The zero-order valence-corrected chi connectivity index (χ0v) is 12.8. The second kappa shape index (κ2) is 6.74. The predicted octanol–water partition coefficient (Wildman–Crippen LogP) is 2.66. The summed E-state index contributed by atoms with van der Waals surface area (Å²) in [5, 5.41) is 3.43. The lowest BCUT2D eigenvalue weighted by Gasteiger charge is -2.37. The van der Waals surface area contributed by atoms with Crippen LogP contribution in [-0.2, 0) is 4.79 Å². The van der Waals surface area contributed by atoms with Crippen molar-refractivity contribution in [2.24, 2.45) is 17.8 Å². The van der Waals surface area contributed by atoms with E-state index in [1.807, 2.05) is 0 Å². The van der Waals surface area contributed by atoms with Crippen LogP contribution in [0.3, 0.4) is 0 Å². The van der Waals surface area contributed by atoms with E-state index in [1.165, 1.54) is 19.3 Å². The van der Waals surface area contributed by atoms with E-state index in [0.29, 0.717) is 11.9 Å². The fraction of sp³-hybridized carbons (Fsp3) is 0.938. The molecule has 0 aromatic carbocycles. The van der Waals surface area contributed by atoms with Crippen molar-refractivity contribution in [3.63, 3.8) is 0 Å². The van der Waals surface area contributed by atoms with Gasteiger partial charge in [0.1, 0.15) is 0 Å².